The van der Waals surface area contributed by atoms with Crippen molar-refractivity contribution in [2.45, 2.75) is 82.8 Å². The molecule has 0 spiro atoms. The van der Waals surface area contributed by atoms with E-state index in [1.165, 1.54) is 38.5 Å². The van der Waals surface area contributed by atoms with Crippen molar-refractivity contribution in [2.75, 3.05) is 7.11 Å². The van der Waals surface area contributed by atoms with Gasteiger partial charge in [-0.2, -0.15) is 0 Å². The van der Waals surface area contributed by atoms with Crippen LogP contribution in [0.25, 0.3) is 0 Å². The fourth-order valence-electron chi connectivity index (χ4n) is 3.58. The van der Waals surface area contributed by atoms with Gasteiger partial charge < -0.3 is 4.74 Å². The van der Waals surface area contributed by atoms with Crippen LogP contribution in [0.5, 0.6) is 0 Å². The highest BCUT2D eigenvalue weighted by atomic mass is 33.1. The van der Waals surface area contributed by atoms with Gasteiger partial charge in [0, 0.05) is 17.6 Å². The lowest BCUT2D eigenvalue weighted by molar-refractivity contribution is -0.00551. The Bertz CT molecular complexity index is 227. The van der Waals surface area contributed by atoms with Crippen LogP contribution in [0.15, 0.2) is 0 Å². The van der Waals surface area contributed by atoms with E-state index in [9.17, 15) is 0 Å². The molecule has 5 unspecified atom stereocenters. The van der Waals surface area contributed by atoms with Crippen LogP contribution in [0.4, 0.5) is 0 Å². The quantitative estimate of drug-likeness (QED) is 0.611. The molecular formula is C16H32OS2. The van der Waals surface area contributed by atoms with E-state index in [0.717, 1.165) is 22.3 Å². The van der Waals surface area contributed by atoms with E-state index in [4.69, 9.17) is 4.74 Å². The Labute approximate surface area is 128 Å². The average molecular weight is 305 g/mol. The Hall–Kier alpha value is 0.660. The second kappa shape index (κ2) is 9.57. The highest BCUT2D eigenvalue weighted by molar-refractivity contribution is 8.77. The third kappa shape index (κ3) is 4.31. The zero-order valence-electron chi connectivity index (χ0n) is 13.4. The third-order valence-corrected chi connectivity index (χ3v) is 8.21. The zero-order chi connectivity index (χ0) is 14.3. The summed E-state index contributed by atoms with van der Waals surface area (Å²) in [5.74, 6) is 1.57. The summed E-state index contributed by atoms with van der Waals surface area (Å²) in [7, 11) is 6.27. The molecule has 3 heteroatoms. The largest absolute Gasteiger partial charge is 0.381 e. The van der Waals surface area contributed by atoms with Gasteiger partial charge in [-0.1, -0.05) is 62.1 Å². The molecule has 2 rings (SSSR count). The third-order valence-electron chi connectivity index (χ3n) is 4.52. The summed E-state index contributed by atoms with van der Waals surface area (Å²) in [6, 6.07) is 0. The second-order valence-electron chi connectivity index (χ2n) is 5.40. The van der Waals surface area contributed by atoms with Gasteiger partial charge in [0.15, 0.2) is 0 Å². The molecule has 0 aromatic carbocycles. The molecule has 0 radical (unpaired) electrons. The minimum absolute atomic E-state index is 0.512. The van der Waals surface area contributed by atoms with Crippen molar-refractivity contribution in [3.63, 3.8) is 0 Å². The van der Waals surface area contributed by atoms with Gasteiger partial charge in [-0.25, -0.2) is 0 Å². The lowest BCUT2D eigenvalue weighted by atomic mass is 9.77. The Balaban J connectivity index is 0.000000861. The molecule has 2 fully saturated rings. The Kier molecular flexibility index (Phi) is 8.92. The van der Waals surface area contributed by atoms with Gasteiger partial charge in [-0.3, -0.25) is 0 Å². The molecule has 1 saturated carbocycles. The van der Waals surface area contributed by atoms with Crippen molar-refractivity contribution in [1.82, 2.24) is 0 Å². The smallest absolute Gasteiger partial charge is 0.0649 e. The van der Waals surface area contributed by atoms with E-state index < -0.39 is 0 Å². The molecule has 0 N–H and O–H groups in total. The molecule has 0 bridgehead atoms. The minimum atomic E-state index is 0.512. The Morgan fingerprint density at radius 2 is 1.68 bits per heavy atom. The van der Waals surface area contributed by atoms with E-state index in [-0.39, 0.29) is 0 Å². The van der Waals surface area contributed by atoms with Gasteiger partial charge in [-0.05, 0) is 37.5 Å². The van der Waals surface area contributed by atoms with Crippen molar-refractivity contribution in [3.05, 3.63) is 0 Å². The van der Waals surface area contributed by atoms with Crippen molar-refractivity contribution < 1.29 is 4.74 Å². The number of fused-ring (bicyclic) bond motifs is 1. The second-order valence-corrected chi connectivity index (χ2v) is 8.15. The first-order chi connectivity index (χ1) is 9.31. The molecule has 0 amide bonds. The number of ether oxygens (including phenoxy) is 1. The first-order valence-electron chi connectivity index (χ1n) is 8.16. The summed E-state index contributed by atoms with van der Waals surface area (Å²) < 4.78 is 5.95. The Morgan fingerprint density at radius 3 is 2.26 bits per heavy atom. The molecule has 114 valence electrons. The molecule has 19 heavy (non-hydrogen) atoms. The fourth-order valence-corrected chi connectivity index (χ4v) is 7.60. The maximum absolute atomic E-state index is 5.95. The number of hydrogen-bond acceptors (Lipinski definition) is 3. The van der Waals surface area contributed by atoms with Crippen LogP contribution in [0.2, 0.25) is 0 Å². The SMILES string of the molecule is CC.CCC1SSC2CCCCC2C(OC)C1CC. The van der Waals surface area contributed by atoms with Gasteiger partial charge >= 0.3 is 0 Å². The molecule has 1 nitrogen and oxygen atoms in total. The number of rotatable bonds is 3. The van der Waals surface area contributed by atoms with Crippen LogP contribution < -0.4 is 0 Å². The van der Waals surface area contributed by atoms with Crippen molar-refractivity contribution >= 4 is 21.6 Å². The van der Waals surface area contributed by atoms with E-state index in [2.05, 4.69) is 35.4 Å². The molecule has 2 aliphatic rings. The predicted octanol–water partition coefficient (Wildman–Crippen LogP) is 5.79. The summed E-state index contributed by atoms with van der Waals surface area (Å²) in [5.41, 5.74) is 0. The number of methoxy groups -OCH3 is 1. The summed E-state index contributed by atoms with van der Waals surface area (Å²) in [5, 5.41) is 1.64. The van der Waals surface area contributed by atoms with Crippen LogP contribution >= 0.6 is 21.6 Å². The predicted molar refractivity (Wildman–Crippen MR) is 90.9 cm³/mol. The van der Waals surface area contributed by atoms with Crippen molar-refractivity contribution in [2.24, 2.45) is 11.8 Å². The highest BCUT2D eigenvalue weighted by Gasteiger charge is 2.42. The lowest BCUT2D eigenvalue weighted by Crippen LogP contribution is -2.39. The average Bonchev–Trinajstić information content (AvgIpc) is 2.64. The topological polar surface area (TPSA) is 9.23 Å². The van der Waals surface area contributed by atoms with E-state index >= 15 is 0 Å². The fraction of sp³-hybridized carbons (Fsp3) is 1.00. The molecule has 1 aliphatic carbocycles. The monoisotopic (exact) mass is 304 g/mol. The molecule has 5 atom stereocenters. The molecule has 0 aromatic rings. The van der Waals surface area contributed by atoms with Gasteiger partial charge in [0.2, 0.25) is 0 Å². The van der Waals surface area contributed by atoms with E-state index in [1.807, 2.05) is 21.0 Å². The molecule has 1 aliphatic heterocycles. The molecule has 1 heterocycles. The minimum Gasteiger partial charge on any atom is -0.381 e. The van der Waals surface area contributed by atoms with Crippen LogP contribution in [-0.2, 0) is 4.74 Å². The molecule has 0 aromatic heterocycles. The maximum atomic E-state index is 5.95. The van der Waals surface area contributed by atoms with Gasteiger partial charge in [-0.15, -0.1) is 0 Å². The van der Waals surface area contributed by atoms with Crippen LogP contribution in [0.1, 0.15) is 66.2 Å². The van der Waals surface area contributed by atoms with Crippen LogP contribution in [0.3, 0.4) is 0 Å². The van der Waals surface area contributed by atoms with E-state index in [0.29, 0.717) is 6.10 Å². The van der Waals surface area contributed by atoms with Crippen LogP contribution in [-0.4, -0.2) is 23.7 Å². The maximum Gasteiger partial charge on any atom is 0.0649 e. The molecular weight excluding hydrogens is 272 g/mol. The molecule has 1 saturated heterocycles. The summed E-state index contributed by atoms with van der Waals surface area (Å²) >= 11 is 0. The zero-order valence-corrected chi connectivity index (χ0v) is 15.0. The Morgan fingerprint density at radius 1 is 1.00 bits per heavy atom. The van der Waals surface area contributed by atoms with Crippen LogP contribution in [0, 0.1) is 11.8 Å². The summed E-state index contributed by atoms with van der Waals surface area (Å²) in [6.45, 7) is 8.68. The van der Waals surface area contributed by atoms with E-state index in [1.54, 1.807) is 0 Å². The summed E-state index contributed by atoms with van der Waals surface area (Å²) in [4.78, 5) is 0. The lowest BCUT2D eigenvalue weighted by Gasteiger charge is -2.37. The van der Waals surface area contributed by atoms with Crippen molar-refractivity contribution in [1.29, 1.82) is 0 Å². The first kappa shape index (κ1) is 17.7. The van der Waals surface area contributed by atoms with Gasteiger partial charge in [0.05, 0.1) is 6.10 Å². The van der Waals surface area contributed by atoms with Gasteiger partial charge in [0.1, 0.15) is 0 Å². The van der Waals surface area contributed by atoms with Gasteiger partial charge in [0.25, 0.3) is 0 Å². The first-order valence-corrected chi connectivity index (χ1v) is 10.4. The number of hydrogen-bond donors (Lipinski definition) is 0. The van der Waals surface area contributed by atoms with Crippen molar-refractivity contribution in [3.8, 4) is 0 Å². The normalized spacial score (nSPS) is 38.7. The highest BCUT2D eigenvalue weighted by Crippen LogP contribution is 2.51. The summed E-state index contributed by atoms with van der Waals surface area (Å²) in [6.07, 6.45) is 8.72. The standard InChI is InChI=1S/C14H26OS2.C2H6/c1-4-10-12(5-2)16-17-13-9-7-6-8-11(13)14(10)15-3;1-2/h10-14H,4-9H2,1-3H3;1-2H3.